The Morgan fingerprint density at radius 1 is 0.889 bits per heavy atom. The lowest BCUT2D eigenvalue weighted by molar-refractivity contribution is 0.413. The third kappa shape index (κ3) is 9.00. The highest BCUT2D eigenvalue weighted by atomic mass is 32.2. The lowest BCUT2D eigenvalue weighted by Crippen LogP contribution is -2.26. The Morgan fingerprint density at radius 3 is 1.96 bits per heavy atom. The standard InChI is InChI=1S/C22H38O4S/c1-4-6-8-10-11-13-17-20(16-12-9-7-5-2)27(24,25)26-22-19(3)15-14-18-21(22)23/h14-15,18,20,23H,4-13,16-17H2,1-3H3. The monoisotopic (exact) mass is 398 g/mol. The molecule has 0 aliphatic heterocycles. The molecule has 1 rings (SSSR count). The fourth-order valence-electron chi connectivity index (χ4n) is 3.31. The minimum atomic E-state index is -3.77. The van der Waals surface area contributed by atoms with Crippen LogP contribution in [0, 0.1) is 6.92 Å². The molecule has 0 aliphatic carbocycles. The summed E-state index contributed by atoms with van der Waals surface area (Å²) in [7, 11) is -3.77. The largest absolute Gasteiger partial charge is 0.504 e. The van der Waals surface area contributed by atoms with Crippen molar-refractivity contribution in [1.82, 2.24) is 0 Å². The van der Waals surface area contributed by atoms with E-state index in [1.807, 2.05) is 0 Å². The Kier molecular flexibility index (Phi) is 11.5. The number of rotatable bonds is 15. The fourth-order valence-corrected chi connectivity index (χ4v) is 4.81. The Labute approximate surface area is 166 Å². The van der Waals surface area contributed by atoms with E-state index in [1.54, 1.807) is 19.1 Å². The first-order valence-electron chi connectivity index (χ1n) is 10.6. The van der Waals surface area contributed by atoms with Gasteiger partial charge in [-0.25, -0.2) is 0 Å². The molecule has 0 aliphatic rings. The number of unbranched alkanes of at least 4 members (excludes halogenated alkanes) is 8. The molecule has 0 spiro atoms. The van der Waals surface area contributed by atoms with Crippen LogP contribution in [-0.4, -0.2) is 18.8 Å². The molecule has 0 radical (unpaired) electrons. The third-order valence-corrected chi connectivity index (χ3v) is 6.75. The van der Waals surface area contributed by atoms with Crippen LogP contribution in [0.3, 0.4) is 0 Å². The van der Waals surface area contributed by atoms with Gasteiger partial charge in [-0.3, -0.25) is 0 Å². The van der Waals surface area contributed by atoms with Crippen molar-refractivity contribution >= 4 is 10.1 Å². The third-order valence-electron chi connectivity index (χ3n) is 5.06. The van der Waals surface area contributed by atoms with Gasteiger partial charge in [0.25, 0.3) is 0 Å². The second kappa shape index (κ2) is 13.0. The van der Waals surface area contributed by atoms with Crippen molar-refractivity contribution in [1.29, 1.82) is 0 Å². The molecule has 156 valence electrons. The Bertz CT molecular complexity index is 605. The molecule has 0 aromatic heterocycles. The highest BCUT2D eigenvalue weighted by molar-refractivity contribution is 7.87. The zero-order valence-electron chi connectivity index (χ0n) is 17.4. The van der Waals surface area contributed by atoms with E-state index in [-0.39, 0.29) is 11.5 Å². The molecule has 5 heteroatoms. The van der Waals surface area contributed by atoms with E-state index in [0.29, 0.717) is 18.4 Å². The quantitative estimate of drug-likeness (QED) is 0.270. The molecule has 1 N–H and O–H groups in total. The minimum Gasteiger partial charge on any atom is -0.504 e. The number of para-hydroxylation sites is 1. The Hall–Kier alpha value is -1.23. The van der Waals surface area contributed by atoms with Crippen LogP contribution in [0.4, 0.5) is 0 Å². The molecule has 27 heavy (non-hydrogen) atoms. The maximum atomic E-state index is 12.9. The van der Waals surface area contributed by atoms with Crippen LogP contribution in [0.1, 0.15) is 96.5 Å². The van der Waals surface area contributed by atoms with Gasteiger partial charge >= 0.3 is 10.1 Å². The Morgan fingerprint density at radius 2 is 1.41 bits per heavy atom. The molecular weight excluding hydrogens is 360 g/mol. The van der Waals surface area contributed by atoms with Crippen LogP contribution in [0.2, 0.25) is 0 Å². The van der Waals surface area contributed by atoms with Gasteiger partial charge in [0.05, 0.1) is 5.25 Å². The summed E-state index contributed by atoms with van der Waals surface area (Å²) < 4.78 is 31.2. The van der Waals surface area contributed by atoms with Crippen molar-refractivity contribution in [2.24, 2.45) is 0 Å². The van der Waals surface area contributed by atoms with E-state index in [1.165, 1.54) is 25.3 Å². The summed E-state index contributed by atoms with van der Waals surface area (Å²) in [5.41, 5.74) is 0.628. The van der Waals surface area contributed by atoms with E-state index in [9.17, 15) is 13.5 Å². The van der Waals surface area contributed by atoms with Crippen LogP contribution >= 0.6 is 0 Å². The highest BCUT2D eigenvalue weighted by Crippen LogP contribution is 2.32. The van der Waals surface area contributed by atoms with E-state index >= 15 is 0 Å². The van der Waals surface area contributed by atoms with Crippen molar-refractivity contribution in [2.75, 3.05) is 0 Å². The molecule has 1 aromatic rings. The average Bonchev–Trinajstić information content (AvgIpc) is 2.62. The van der Waals surface area contributed by atoms with Crippen LogP contribution < -0.4 is 4.18 Å². The van der Waals surface area contributed by atoms with Gasteiger partial charge in [-0.1, -0.05) is 90.2 Å². The molecule has 1 atom stereocenters. The van der Waals surface area contributed by atoms with E-state index in [2.05, 4.69) is 13.8 Å². The second-order valence-electron chi connectivity index (χ2n) is 7.53. The summed E-state index contributed by atoms with van der Waals surface area (Å²) in [4.78, 5) is 0. The lowest BCUT2D eigenvalue weighted by atomic mass is 10.0. The van der Waals surface area contributed by atoms with Crippen molar-refractivity contribution in [3.63, 3.8) is 0 Å². The first-order chi connectivity index (χ1) is 12.9. The van der Waals surface area contributed by atoms with Crippen molar-refractivity contribution in [3.05, 3.63) is 23.8 Å². The summed E-state index contributed by atoms with van der Waals surface area (Å²) in [5, 5.41) is 9.49. The molecule has 1 aromatic carbocycles. The normalized spacial score (nSPS) is 12.9. The lowest BCUT2D eigenvalue weighted by Gasteiger charge is -2.19. The summed E-state index contributed by atoms with van der Waals surface area (Å²) in [6.45, 7) is 6.08. The van der Waals surface area contributed by atoms with E-state index in [4.69, 9.17) is 4.18 Å². The maximum absolute atomic E-state index is 12.9. The van der Waals surface area contributed by atoms with Gasteiger partial charge in [-0.05, 0) is 31.4 Å². The molecule has 0 amide bonds. The zero-order valence-corrected chi connectivity index (χ0v) is 18.2. The van der Waals surface area contributed by atoms with Crippen molar-refractivity contribution in [3.8, 4) is 11.5 Å². The predicted molar refractivity (Wildman–Crippen MR) is 113 cm³/mol. The van der Waals surface area contributed by atoms with Crippen LogP contribution in [0.5, 0.6) is 11.5 Å². The van der Waals surface area contributed by atoms with Gasteiger partial charge in [-0.2, -0.15) is 8.42 Å². The van der Waals surface area contributed by atoms with Gasteiger partial charge in [0.2, 0.25) is 0 Å². The SMILES string of the molecule is CCCCCCCCC(CCCCCC)S(=O)(=O)Oc1c(C)cccc1O. The van der Waals surface area contributed by atoms with Crippen molar-refractivity contribution in [2.45, 2.75) is 103 Å². The first-order valence-corrected chi connectivity index (χ1v) is 12.1. The van der Waals surface area contributed by atoms with Gasteiger partial charge < -0.3 is 9.29 Å². The number of hydrogen-bond acceptors (Lipinski definition) is 4. The number of hydrogen-bond donors (Lipinski definition) is 1. The summed E-state index contributed by atoms with van der Waals surface area (Å²) in [6, 6.07) is 4.89. The second-order valence-corrected chi connectivity index (χ2v) is 9.35. The molecule has 0 saturated heterocycles. The van der Waals surface area contributed by atoms with Gasteiger partial charge in [-0.15, -0.1) is 0 Å². The average molecular weight is 399 g/mol. The van der Waals surface area contributed by atoms with Gasteiger partial charge in [0, 0.05) is 0 Å². The zero-order chi connectivity index (χ0) is 20.1. The van der Waals surface area contributed by atoms with E-state index < -0.39 is 15.4 Å². The molecule has 0 bridgehead atoms. The number of phenolic OH excluding ortho intramolecular Hbond substituents is 1. The summed E-state index contributed by atoms with van der Waals surface area (Å²) >= 11 is 0. The van der Waals surface area contributed by atoms with Crippen LogP contribution in [-0.2, 0) is 10.1 Å². The molecule has 1 unspecified atom stereocenters. The first kappa shape index (κ1) is 23.8. The minimum absolute atomic E-state index is 0.0685. The maximum Gasteiger partial charge on any atom is 0.312 e. The molecule has 0 fully saturated rings. The topological polar surface area (TPSA) is 63.6 Å². The van der Waals surface area contributed by atoms with Gasteiger partial charge in [0.1, 0.15) is 0 Å². The highest BCUT2D eigenvalue weighted by Gasteiger charge is 2.28. The molecule has 4 nitrogen and oxygen atoms in total. The molecule has 0 heterocycles. The smallest absolute Gasteiger partial charge is 0.312 e. The molecular formula is C22H38O4S. The fraction of sp³-hybridized carbons (Fsp3) is 0.727. The molecule has 0 saturated carbocycles. The van der Waals surface area contributed by atoms with Crippen LogP contribution in [0.15, 0.2) is 18.2 Å². The number of benzene rings is 1. The van der Waals surface area contributed by atoms with Crippen molar-refractivity contribution < 1.29 is 17.7 Å². The number of phenols is 1. The van der Waals surface area contributed by atoms with Gasteiger partial charge in [0.15, 0.2) is 11.5 Å². The number of aryl methyl sites for hydroxylation is 1. The van der Waals surface area contributed by atoms with Crippen LogP contribution in [0.25, 0.3) is 0 Å². The summed E-state index contributed by atoms with van der Waals surface area (Å²) in [5.74, 6) is -0.0538. The predicted octanol–water partition coefficient (Wildman–Crippen LogP) is 6.50. The number of aromatic hydroxyl groups is 1. The summed E-state index contributed by atoms with van der Waals surface area (Å²) in [6.07, 6.45) is 12.3. The van der Waals surface area contributed by atoms with E-state index in [0.717, 1.165) is 44.9 Å². The Balaban J connectivity index is 2.72.